The molecule has 2 aromatic carbocycles. The van der Waals surface area contributed by atoms with Crippen molar-refractivity contribution < 1.29 is 19.1 Å². The molecule has 2 heterocycles. The van der Waals surface area contributed by atoms with Gasteiger partial charge in [-0.05, 0) is 37.1 Å². The first kappa shape index (κ1) is 17.4. The van der Waals surface area contributed by atoms with Gasteiger partial charge in [-0.2, -0.15) is 0 Å². The maximum Gasteiger partial charge on any atom is 0.231 e. The summed E-state index contributed by atoms with van der Waals surface area (Å²) in [6.07, 6.45) is 1.12. The van der Waals surface area contributed by atoms with E-state index >= 15 is 0 Å². The van der Waals surface area contributed by atoms with Crippen LogP contribution >= 0.6 is 0 Å². The van der Waals surface area contributed by atoms with Crippen molar-refractivity contribution in [3.05, 3.63) is 48.0 Å². The summed E-state index contributed by atoms with van der Waals surface area (Å²) in [6, 6.07) is 13.5. The molecule has 0 aromatic heterocycles. The van der Waals surface area contributed by atoms with Crippen LogP contribution in [0, 0.1) is 0 Å². The topological polar surface area (TPSA) is 59.1 Å². The Morgan fingerprint density at radius 3 is 2.74 bits per heavy atom. The number of ether oxygens (including phenoxy) is 2. The zero-order chi connectivity index (χ0) is 19.0. The van der Waals surface area contributed by atoms with E-state index in [1.54, 1.807) is 17.0 Å². The zero-order valence-corrected chi connectivity index (χ0v) is 15.5. The maximum atomic E-state index is 12.9. The van der Waals surface area contributed by atoms with Gasteiger partial charge in [-0.15, -0.1) is 0 Å². The van der Waals surface area contributed by atoms with Gasteiger partial charge in [0.15, 0.2) is 11.5 Å². The summed E-state index contributed by atoms with van der Waals surface area (Å²) in [4.78, 5) is 28.5. The summed E-state index contributed by atoms with van der Waals surface area (Å²) < 4.78 is 10.7. The first-order valence-electron chi connectivity index (χ1n) is 9.12. The predicted molar refractivity (Wildman–Crippen MR) is 102 cm³/mol. The molecular formula is C21H22N2O4. The smallest absolute Gasteiger partial charge is 0.231 e. The Kier molecular flexibility index (Phi) is 4.48. The number of hydrogen-bond acceptors (Lipinski definition) is 4. The number of nitrogens with zero attached hydrogens (tertiary/aromatic N) is 2. The van der Waals surface area contributed by atoms with E-state index in [4.69, 9.17) is 9.47 Å². The summed E-state index contributed by atoms with van der Waals surface area (Å²) in [5.74, 6) is 1.20. The highest BCUT2D eigenvalue weighted by Gasteiger charge is 2.30. The van der Waals surface area contributed by atoms with Gasteiger partial charge < -0.3 is 19.3 Å². The molecule has 2 aliphatic rings. The third-order valence-electron chi connectivity index (χ3n) is 5.07. The highest BCUT2D eigenvalue weighted by atomic mass is 16.7. The van der Waals surface area contributed by atoms with Crippen LogP contribution in [-0.2, 0) is 16.0 Å². The molecule has 0 saturated carbocycles. The Balaban J connectivity index is 1.49. The molecule has 2 aromatic rings. The van der Waals surface area contributed by atoms with E-state index in [0.717, 1.165) is 12.1 Å². The number of hydrogen-bond donors (Lipinski definition) is 0. The number of benzene rings is 2. The second-order valence-corrected chi connectivity index (χ2v) is 6.90. The predicted octanol–water partition coefficient (Wildman–Crippen LogP) is 3.14. The molecule has 0 spiro atoms. The Morgan fingerprint density at radius 2 is 1.93 bits per heavy atom. The van der Waals surface area contributed by atoms with Gasteiger partial charge in [-0.25, -0.2) is 0 Å². The van der Waals surface area contributed by atoms with Crippen molar-refractivity contribution in [2.75, 3.05) is 23.1 Å². The van der Waals surface area contributed by atoms with Crippen molar-refractivity contribution in [2.45, 2.75) is 32.7 Å². The average Bonchev–Trinajstić information content (AvgIpc) is 3.24. The quantitative estimate of drug-likeness (QED) is 0.834. The Hall–Kier alpha value is -3.02. The second-order valence-electron chi connectivity index (χ2n) is 6.90. The highest BCUT2D eigenvalue weighted by molar-refractivity contribution is 5.98. The van der Waals surface area contributed by atoms with Gasteiger partial charge in [0.2, 0.25) is 18.6 Å². The van der Waals surface area contributed by atoms with E-state index in [-0.39, 0.29) is 31.1 Å². The number of fused-ring (bicyclic) bond motifs is 2. The van der Waals surface area contributed by atoms with Crippen molar-refractivity contribution in [1.82, 2.24) is 0 Å². The zero-order valence-electron chi connectivity index (χ0n) is 15.5. The average molecular weight is 366 g/mol. The fourth-order valence-electron chi connectivity index (χ4n) is 3.79. The van der Waals surface area contributed by atoms with Crippen molar-refractivity contribution in [3.63, 3.8) is 0 Å². The lowest BCUT2D eigenvalue weighted by molar-refractivity contribution is -0.119. The van der Waals surface area contributed by atoms with Crippen molar-refractivity contribution in [2.24, 2.45) is 0 Å². The molecule has 0 radical (unpaired) electrons. The lowest BCUT2D eigenvalue weighted by Gasteiger charge is -2.26. The number of amides is 2. The number of rotatable bonds is 4. The lowest BCUT2D eigenvalue weighted by atomic mass is 10.1. The van der Waals surface area contributed by atoms with E-state index in [1.165, 1.54) is 12.5 Å². The molecule has 0 aliphatic carbocycles. The van der Waals surface area contributed by atoms with Gasteiger partial charge in [-0.1, -0.05) is 18.2 Å². The normalized spacial score (nSPS) is 17.0. The largest absolute Gasteiger partial charge is 0.454 e. The number of carbonyl (C=O) groups is 2. The molecule has 1 unspecified atom stereocenters. The van der Waals surface area contributed by atoms with Gasteiger partial charge in [0.1, 0.15) is 0 Å². The highest BCUT2D eigenvalue weighted by Crippen LogP contribution is 2.36. The third kappa shape index (κ3) is 3.23. The van der Waals surface area contributed by atoms with Gasteiger partial charge in [0.05, 0.1) is 0 Å². The SMILES string of the molecule is CC(=O)N(CCC(=O)N1c2ccccc2CC1C)c1ccc2c(c1)OCO2. The van der Waals surface area contributed by atoms with Crippen LogP contribution in [-0.4, -0.2) is 31.2 Å². The van der Waals surface area contributed by atoms with Crippen LogP contribution in [0.1, 0.15) is 25.8 Å². The minimum atomic E-state index is -0.114. The van der Waals surface area contributed by atoms with E-state index in [1.807, 2.05) is 29.2 Å². The van der Waals surface area contributed by atoms with Crippen LogP contribution in [0.5, 0.6) is 11.5 Å². The van der Waals surface area contributed by atoms with Crippen molar-refractivity contribution >= 4 is 23.2 Å². The fraction of sp³-hybridized carbons (Fsp3) is 0.333. The molecule has 6 nitrogen and oxygen atoms in total. The first-order chi connectivity index (χ1) is 13.0. The number of anilines is 2. The van der Waals surface area contributed by atoms with Crippen molar-refractivity contribution in [1.29, 1.82) is 0 Å². The lowest BCUT2D eigenvalue weighted by Crippen LogP contribution is -2.39. The maximum absolute atomic E-state index is 12.9. The minimum absolute atomic E-state index is 0.0273. The Labute approximate surface area is 158 Å². The summed E-state index contributed by atoms with van der Waals surface area (Å²) >= 11 is 0. The standard InChI is InChI=1S/C21H22N2O4/c1-14-11-16-5-3-4-6-18(16)23(14)21(25)9-10-22(15(2)24)17-7-8-19-20(12-17)27-13-26-19/h3-8,12,14H,9-11,13H2,1-2H3. The summed E-state index contributed by atoms with van der Waals surface area (Å²) in [7, 11) is 0. The minimum Gasteiger partial charge on any atom is -0.454 e. The molecule has 0 fully saturated rings. The summed E-state index contributed by atoms with van der Waals surface area (Å²) in [5.41, 5.74) is 2.87. The Morgan fingerprint density at radius 1 is 1.15 bits per heavy atom. The molecule has 2 amide bonds. The fourth-order valence-corrected chi connectivity index (χ4v) is 3.79. The summed E-state index contributed by atoms with van der Waals surface area (Å²) in [6.45, 7) is 4.06. The van der Waals surface area contributed by atoms with Gasteiger partial charge in [0, 0.05) is 43.4 Å². The monoisotopic (exact) mass is 366 g/mol. The summed E-state index contributed by atoms with van der Waals surface area (Å²) in [5, 5.41) is 0. The molecule has 2 aliphatic heterocycles. The van der Waals surface area contributed by atoms with E-state index in [0.29, 0.717) is 23.7 Å². The van der Waals surface area contributed by atoms with Crippen LogP contribution in [0.2, 0.25) is 0 Å². The van der Waals surface area contributed by atoms with Crippen molar-refractivity contribution in [3.8, 4) is 11.5 Å². The second kappa shape index (κ2) is 6.95. The van der Waals surface area contributed by atoms with Crippen LogP contribution in [0.15, 0.2) is 42.5 Å². The number of carbonyl (C=O) groups excluding carboxylic acids is 2. The molecule has 0 N–H and O–H groups in total. The molecule has 6 heteroatoms. The first-order valence-corrected chi connectivity index (χ1v) is 9.12. The third-order valence-corrected chi connectivity index (χ3v) is 5.07. The van der Waals surface area contributed by atoms with Crippen LogP contribution in [0.25, 0.3) is 0 Å². The van der Waals surface area contributed by atoms with Crippen LogP contribution < -0.4 is 19.3 Å². The van der Waals surface area contributed by atoms with E-state index < -0.39 is 0 Å². The van der Waals surface area contributed by atoms with E-state index in [9.17, 15) is 9.59 Å². The van der Waals surface area contributed by atoms with Crippen LogP contribution in [0.4, 0.5) is 11.4 Å². The van der Waals surface area contributed by atoms with Gasteiger partial charge >= 0.3 is 0 Å². The van der Waals surface area contributed by atoms with Crippen LogP contribution in [0.3, 0.4) is 0 Å². The van der Waals surface area contributed by atoms with Gasteiger partial charge in [0.25, 0.3) is 0 Å². The molecule has 4 rings (SSSR count). The molecule has 1 atom stereocenters. The molecule has 0 bridgehead atoms. The molecular weight excluding hydrogens is 344 g/mol. The molecule has 27 heavy (non-hydrogen) atoms. The number of para-hydroxylation sites is 1. The van der Waals surface area contributed by atoms with Gasteiger partial charge in [-0.3, -0.25) is 9.59 Å². The van der Waals surface area contributed by atoms with E-state index in [2.05, 4.69) is 13.0 Å². The molecule has 0 saturated heterocycles. The molecule has 140 valence electrons. The Bertz CT molecular complexity index is 896.